The Kier molecular flexibility index (Phi) is 4.93. The second-order valence-electron chi connectivity index (χ2n) is 4.87. The molecule has 0 aromatic heterocycles. The number of benzene rings is 1. The summed E-state index contributed by atoms with van der Waals surface area (Å²) in [5.41, 5.74) is 2.83. The molecular formula is C17H19NO3. The molecule has 2 rings (SSSR count). The molecule has 1 heterocycles. The van der Waals surface area contributed by atoms with Crippen molar-refractivity contribution in [3.63, 3.8) is 0 Å². The van der Waals surface area contributed by atoms with E-state index in [1.165, 1.54) is 0 Å². The van der Waals surface area contributed by atoms with Crippen molar-refractivity contribution in [2.75, 3.05) is 14.2 Å². The zero-order valence-corrected chi connectivity index (χ0v) is 12.5. The van der Waals surface area contributed by atoms with Gasteiger partial charge in [0.05, 0.1) is 14.2 Å². The lowest BCUT2D eigenvalue weighted by molar-refractivity contribution is 0.112. The van der Waals surface area contributed by atoms with Crippen molar-refractivity contribution < 1.29 is 14.3 Å². The minimum atomic E-state index is 0.291. The van der Waals surface area contributed by atoms with Gasteiger partial charge in [0.1, 0.15) is 6.29 Å². The van der Waals surface area contributed by atoms with Gasteiger partial charge in [0.15, 0.2) is 5.76 Å². The summed E-state index contributed by atoms with van der Waals surface area (Å²) in [5, 5.41) is 0. The van der Waals surface area contributed by atoms with Crippen LogP contribution in [0, 0.1) is 5.92 Å². The summed E-state index contributed by atoms with van der Waals surface area (Å²) >= 11 is 0. The van der Waals surface area contributed by atoms with Crippen molar-refractivity contribution in [3.05, 3.63) is 53.4 Å². The number of carbonyl (C=O) groups excluding carboxylic acids is 1. The molecule has 1 atom stereocenters. The van der Waals surface area contributed by atoms with Crippen molar-refractivity contribution in [1.29, 1.82) is 0 Å². The van der Waals surface area contributed by atoms with Gasteiger partial charge in [-0.2, -0.15) is 0 Å². The SMILES string of the molecule is COC1=CCC(C)/C(c2ccc(C=O)cc2)=C/N=C1OC. The van der Waals surface area contributed by atoms with E-state index in [0.717, 1.165) is 23.8 Å². The second-order valence-corrected chi connectivity index (χ2v) is 4.87. The zero-order chi connectivity index (χ0) is 15.2. The van der Waals surface area contributed by atoms with Crippen LogP contribution in [0.3, 0.4) is 0 Å². The summed E-state index contributed by atoms with van der Waals surface area (Å²) < 4.78 is 10.5. The molecule has 110 valence electrons. The monoisotopic (exact) mass is 285 g/mol. The van der Waals surface area contributed by atoms with Crippen LogP contribution < -0.4 is 0 Å². The highest BCUT2D eigenvalue weighted by molar-refractivity contribution is 5.92. The molecular weight excluding hydrogens is 266 g/mol. The molecule has 1 aliphatic rings. The number of allylic oxidation sites excluding steroid dienone is 2. The zero-order valence-electron chi connectivity index (χ0n) is 12.5. The van der Waals surface area contributed by atoms with Gasteiger partial charge in [-0.3, -0.25) is 4.79 Å². The van der Waals surface area contributed by atoms with Crippen LogP contribution in [0.1, 0.15) is 29.3 Å². The van der Waals surface area contributed by atoms with Crippen LogP contribution >= 0.6 is 0 Å². The van der Waals surface area contributed by atoms with Crippen molar-refractivity contribution in [2.24, 2.45) is 10.9 Å². The fourth-order valence-electron chi connectivity index (χ4n) is 2.25. The number of aldehydes is 1. The van der Waals surface area contributed by atoms with E-state index >= 15 is 0 Å². The Bertz CT molecular complexity index is 597. The first-order valence-corrected chi connectivity index (χ1v) is 6.81. The number of aliphatic imine (C=N–C) groups is 1. The van der Waals surface area contributed by atoms with Gasteiger partial charge in [-0.1, -0.05) is 31.2 Å². The normalized spacial score (nSPS) is 21.1. The maximum Gasteiger partial charge on any atom is 0.256 e. The minimum absolute atomic E-state index is 0.291. The third kappa shape index (κ3) is 3.40. The third-order valence-electron chi connectivity index (χ3n) is 3.51. The van der Waals surface area contributed by atoms with Gasteiger partial charge in [-0.05, 0) is 29.6 Å². The Hall–Kier alpha value is -2.36. The van der Waals surface area contributed by atoms with Crippen LogP contribution in [0.15, 0.2) is 47.3 Å². The summed E-state index contributed by atoms with van der Waals surface area (Å²) in [4.78, 5) is 15.1. The average molecular weight is 285 g/mol. The highest BCUT2D eigenvalue weighted by Crippen LogP contribution is 2.28. The van der Waals surface area contributed by atoms with E-state index < -0.39 is 0 Å². The lowest BCUT2D eigenvalue weighted by atomic mass is 9.91. The molecule has 1 aromatic rings. The molecule has 4 heteroatoms. The van der Waals surface area contributed by atoms with Crippen LogP contribution in [0.4, 0.5) is 0 Å². The van der Waals surface area contributed by atoms with E-state index in [9.17, 15) is 4.79 Å². The summed E-state index contributed by atoms with van der Waals surface area (Å²) in [6.07, 6.45) is 5.46. The second kappa shape index (κ2) is 6.88. The van der Waals surface area contributed by atoms with E-state index in [1.54, 1.807) is 14.2 Å². The number of hydrogen-bond donors (Lipinski definition) is 0. The highest BCUT2D eigenvalue weighted by Gasteiger charge is 2.16. The first-order valence-electron chi connectivity index (χ1n) is 6.81. The standard InChI is InChI=1S/C17H19NO3/c1-12-4-9-16(20-2)17(21-3)18-10-15(12)14-7-5-13(11-19)6-8-14/h5-12H,4H2,1-3H3/b15-10-,16-9?,18-17?. The van der Waals surface area contributed by atoms with E-state index in [4.69, 9.17) is 9.47 Å². The predicted octanol–water partition coefficient (Wildman–Crippen LogP) is 3.46. The van der Waals surface area contributed by atoms with Crippen molar-refractivity contribution in [2.45, 2.75) is 13.3 Å². The molecule has 0 radical (unpaired) electrons. The van der Waals surface area contributed by atoms with Crippen molar-refractivity contribution in [3.8, 4) is 0 Å². The molecule has 0 fully saturated rings. The van der Waals surface area contributed by atoms with Crippen molar-refractivity contribution >= 4 is 17.8 Å². The first-order chi connectivity index (χ1) is 10.2. The van der Waals surface area contributed by atoms with Gasteiger partial charge < -0.3 is 9.47 Å². The van der Waals surface area contributed by atoms with Gasteiger partial charge in [-0.15, -0.1) is 0 Å². The average Bonchev–Trinajstić information content (AvgIpc) is 2.52. The molecule has 0 spiro atoms. The Labute approximate surface area is 124 Å². The fraction of sp³-hybridized carbons (Fsp3) is 0.294. The van der Waals surface area contributed by atoms with E-state index in [1.807, 2.05) is 36.5 Å². The molecule has 0 aliphatic carbocycles. The topological polar surface area (TPSA) is 47.9 Å². The molecule has 0 bridgehead atoms. The molecule has 1 aliphatic heterocycles. The first kappa shape index (κ1) is 15.0. The molecule has 1 unspecified atom stereocenters. The number of rotatable bonds is 3. The molecule has 4 nitrogen and oxygen atoms in total. The van der Waals surface area contributed by atoms with Crippen LogP contribution in [-0.4, -0.2) is 26.4 Å². The van der Waals surface area contributed by atoms with Crippen LogP contribution in [0.2, 0.25) is 0 Å². The van der Waals surface area contributed by atoms with Crippen LogP contribution in [-0.2, 0) is 9.47 Å². The lowest BCUT2D eigenvalue weighted by Gasteiger charge is -2.18. The van der Waals surface area contributed by atoms with Gasteiger partial charge in [0.25, 0.3) is 5.90 Å². The number of ether oxygens (including phenoxy) is 2. The highest BCUT2D eigenvalue weighted by atomic mass is 16.5. The maximum absolute atomic E-state index is 10.7. The summed E-state index contributed by atoms with van der Waals surface area (Å²) in [6.45, 7) is 2.14. The third-order valence-corrected chi connectivity index (χ3v) is 3.51. The van der Waals surface area contributed by atoms with Gasteiger partial charge in [0, 0.05) is 11.8 Å². The smallest absolute Gasteiger partial charge is 0.256 e. The number of hydrogen-bond acceptors (Lipinski definition) is 4. The molecule has 0 saturated heterocycles. The summed E-state index contributed by atoms with van der Waals surface area (Å²) in [5.74, 6) is 1.40. The van der Waals surface area contributed by atoms with Gasteiger partial charge in [-0.25, -0.2) is 4.99 Å². The summed E-state index contributed by atoms with van der Waals surface area (Å²) in [7, 11) is 3.18. The Balaban J connectivity index is 2.39. The lowest BCUT2D eigenvalue weighted by Crippen LogP contribution is -2.10. The maximum atomic E-state index is 10.7. The molecule has 0 saturated carbocycles. The molecule has 21 heavy (non-hydrogen) atoms. The quantitative estimate of drug-likeness (QED) is 0.799. The minimum Gasteiger partial charge on any atom is -0.491 e. The number of methoxy groups -OCH3 is 2. The Morgan fingerprint density at radius 3 is 2.48 bits per heavy atom. The van der Waals surface area contributed by atoms with Crippen LogP contribution in [0.5, 0.6) is 0 Å². The van der Waals surface area contributed by atoms with E-state index in [2.05, 4.69) is 11.9 Å². The van der Waals surface area contributed by atoms with Gasteiger partial charge >= 0.3 is 0 Å². The van der Waals surface area contributed by atoms with E-state index in [-0.39, 0.29) is 0 Å². The Morgan fingerprint density at radius 1 is 1.19 bits per heavy atom. The summed E-state index contributed by atoms with van der Waals surface area (Å²) in [6, 6.07) is 7.51. The Morgan fingerprint density at radius 2 is 1.90 bits per heavy atom. The fourth-order valence-corrected chi connectivity index (χ4v) is 2.25. The molecule has 0 amide bonds. The number of nitrogens with zero attached hydrogens (tertiary/aromatic N) is 1. The number of carbonyl (C=O) groups is 1. The van der Waals surface area contributed by atoms with Crippen LogP contribution in [0.25, 0.3) is 5.57 Å². The van der Waals surface area contributed by atoms with E-state index in [0.29, 0.717) is 23.1 Å². The predicted molar refractivity (Wildman–Crippen MR) is 83.1 cm³/mol. The van der Waals surface area contributed by atoms with Gasteiger partial charge in [0.2, 0.25) is 0 Å². The molecule has 0 N–H and O–H groups in total. The molecule has 1 aromatic carbocycles. The van der Waals surface area contributed by atoms with Crippen molar-refractivity contribution in [1.82, 2.24) is 0 Å². The largest absolute Gasteiger partial charge is 0.491 e.